The average Bonchev–Trinajstić information content (AvgIpc) is 2.97. The minimum Gasteiger partial charge on any atom is -0.469 e. The number of halogens is 1. The Kier molecular flexibility index (Phi) is 5.06. The SMILES string of the molecule is Cc1cc(S(=O)(=O)NC(C)CCc2ccco2)sc1Br. The summed E-state index contributed by atoms with van der Waals surface area (Å²) in [4.78, 5) is 0. The van der Waals surface area contributed by atoms with E-state index in [1.165, 1.54) is 11.3 Å². The fourth-order valence-electron chi connectivity index (χ4n) is 1.76. The molecule has 1 atom stereocenters. The molecular weight excluding hydrogens is 362 g/mol. The first-order chi connectivity index (χ1) is 9.38. The molecule has 0 aliphatic carbocycles. The van der Waals surface area contributed by atoms with Gasteiger partial charge in [-0.3, -0.25) is 0 Å². The van der Waals surface area contributed by atoms with Gasteiger partial charge in [0.25, 0.3) is 0 Å². The molecule has 0 amide bonds. The number of thiophene rings is 1. The summed E-state index contributed by atoms with van der Waals surface area (Å²) in [6, 6.07) is 5.25. The van der Waals surface area contributed by atoms with Gasteiger partial charge in [0.05, 0.1) is 10.0 Å². The van der Waals surface area contributed by atoms with Gasteiger partial charge in [0.1, 0.15) is 9.97 Å². The Hall–Kier alpha value is -0.630. The van der Waals surface area contributed by atoms with Crippen molar-refractivity contribution in [3.63, 3.8) is 0 Å². The molecule has 0 bridgehead atoms. The summed E-state index contributed by atoms with van der Waals surface area (Å²) in [6.07, 6.45) is 3.03. The summed E-state index contributed by atoms with van der Waals surface area (Å²) in [5.41, 5.74) is 0.929. The molecule has 0 aliphatic rings. The van der Waals surface area contributed by atoms with Crippen LogP contribution in [0.1, 0.15) is 24.7 Å². The smallest absolute Gasteiger partial charge is 0.250 e. The first-order valence-corrected chi connectivity index (χ1v) is 9.28. The number of furan rings is 1. The van der Waals surface area contributed by atoms with E-state index in [1.54, 1.807) is 12.3 Å². The second-order valence-corrected chi connectivity index (χ2v) is 8.97. The monoisotopic (exact) mass is 377 g/mol. The van der Waals surface area contributed by atoms with Gasteiger partial charge in [0.15, 0.2) is 0 Å². The number of nitrogens with one attached hydrogen (secondary N) is 1. The Labute approximate surface area is 131 Å². The highest BCUT2D eigenvalue weighted by atomic mass is 79.9. The maximum Gasteiger partial charge on any atom is 0.250 e. The van der Waals surface area contributed by atoms with E-state index in [1.807, 2.05) is 26.0 Å². The third kappa shape index (κ3) is 3.94. The Bertz CT molecular complexity index is 642. The third-order valence-corrected chi connectivity index (χ3v) is 7.06. The van der Waals surface area contributed by atoms with E-state index in [4.69, 9.17) is 4.42 Å². The molecule has 2 heterocycles. The zero-order valence-corrected chi connectivity index (χ0v) is 14.4. The van der Waals surface area contributed by atoms with Gasteiger partial charge in [0, 0.05) is 12.5 Å². The van der Waals surface area contributed by atoms with Crippen LogP contribution in [0.2, 0.25) is 0 Å². The lowest BCUT2D eigenvalue weighted by atomic mass is 10.2. The quantitative estimate of drug-likeness (QED) is 0.834. The number of hydrogen-bond donors (Lipinski definition) is 1. The fourth-order valence-corrected chi connectivity index (χ4v) is 5.28. The maximum atomic E-state index is 12.2. The summed E-state index contributed by atoms with van der Waals surface area (Å²) in [5, 5.41) is 0. The molecule has 2 aromatic rings. The van der Waals surface area contributed by atoms with E-state index >= 15 is 0 Å². The predicted octanol–water partition coefficient (Wildman–Crippen LogP) is 3.71. The van der Waals surface area contributed by atoms with E-state index in [-0.39, 0.29) is 6.04 Å². The average molecular weight is 378 g/mol. The third-order valence-electron chi connectivity index (χ3n) is 2.86. The second kappa shape index (κ2) is 6.43. The molecule has 4 nitrogen and oxygen atoms in total. The molecule has 110 valence electrons. The normalized spacial score (nSPS) is 13.6. The fraction of sp³-hybridized carbons (Fsp3) is 0.385. The molecule has 0 saturated carbocycles. The van der Waals surface area contributed by atoms with E-state index in [0.29, 0.717) is 17.1 Å². The van der Waals surface area contributed by atoms with Crippen LogP contribution in [0.25, 0.3) is 0 Å². The molecule has 7 heteroatoms. The van der Waals surface area contributed by atoms with Gasteiger partial charge in [-0.25, -0.2) is 13.1 Å². The van der Waals surface area contributed by atoms with Gasteiger partial charge in [-0.15, -0.1) is 11.3 Å². The van der Waals surface area contributed by atoms with Gasteiger partial charge >= 0.3 is 0 Å². The van der Waals surface area contributed by atoms with Crippen molar-refractivity contribution in [2.45, 2.75) is 36.9 Å². The first-order valence-electron chi connectivity index (χ1n) is 6.19. The highest BCUT2D eigenvalue weighted by Gasteiger charge is 2.20. The van der Waals surface area contributed by atoms with Crippen LogP contribution in [0.15, 0.2) is 36.9 Å². The van der Waals surface area contributed by atoms with E-state index in [9.17, 15) is 8.42 Å². The van der Waals surface area contributed by atoms with Crippen molar-refractivity contribution in [3.8, 4) is 0 Å². The maximum absolute atomic E-state index is 12.2. The molecule has 20 heavy (non-hydrogen) atoms. The molecule has 0 radical (unpaired) electrons. The second-order valence-electron chi connectivity index (χ2n) is 4.66. The molecule has 0 saturated heterocycles. The van der Waals surface area contributed by atoms with Crippen molar-refractivity contribution >= 4 is 37.3 Å². The topological polar surface area (TPSA) is 59.3 Å². The molecule has 0 fully saturated rings. The van der Waals surface area contributed by atoms with Crippen molar-refractivity contribution in [2.75, 3.05) is 0 Å². The molecule has 0 aromatic carbocycles. The summed E-state index contributed by atoms with van der Waals surface area (Å²) in [5.74, 6) is 0.866. The van der Waals surface area contributed by atoms with E-state index < -0.39 is 10.0 Å². The zero-order valence-electron chi connectivity index (χ0n) is 11.2. The van der Waals surface area contributed by atoms with Crippen LogP contribution >= 0.6 is 27.3 Å². The predicted molar refractivity (Wildman–Crippen MR) is 83.6 cm³/mol. The van der Waals surface area contributed by atoms with Crippen molar-refractivity contribution in [2.24, 2.45) is 0 Å². The van der Waals surface area contributed by atoms with Gasteiger partial charge in [-0.1, -0.05) is 0 Å². The lowest BCUT2D eigenvalue weighted by molar-refractivity contribution is 0.480. The number of sulfonamides is 1. The number of rotatable bonds is 6. The van der Waals surface area contributed by atoms with Crippen molar-refractivity contribution < 1.29 is 12.8 Å². The Morgan fingerprint density at radius 3 is 2.80 bits per heavy atom. The van der Waals surface area contributed by atoms with E-state index in [0.717, 1.165) is 15.1 Å². The van der Waals surface area contributed by atoms with Gasteiger partial charge < -0.3 is 4.42 Å². The molecule has 1 N–H and O–H groups in total. The number of aryl methyl sites for hydroxylation is 2. The molecule has 0 aliphatic heterocycles. The lowest BCUT2D eigenvalue weighted by Crippen LogP contribution is -2.32. The molecule has 2 rings (SSSR count). The zero-order chi connectivity index (χ0) is 14.8. The largest absolute Gasteiger partial charge is 0.469 e. The van der Waals surface area contributed by atoms with Crippen LogP contribution in [0.3, 0.4) is 0 Å². The summed E-state index contributed by atoms with van der Waals surface area (Å²) in [7, 11) is -3.44. The van der Waals surface area contributed by atoms with Crippen molar-refractivity contribution in [1.29, 1.82) is 0 Å². The minimum atomic E-state index is -3.44. The summed E-state index contributed by atoms with van der Waals surface area (Å²) < 4.78 is 33.6. The van der Waals surface area contributed by atoms with E-state index in [2.05, 4.69) is 20.7 Å². The molecular formula is C13H16BrNO3S2. The molecule has 2 aromatic heterocycles. The highest BCUT2D eigenvalue weighted by molar-refractivity contribution is 9.11. The van der Waals surface area contributed by atoms with Crippen LogP contribution in [-0.4, -0.2) is 14.5 Å². The minimum absolute atomic E-state index is 0.147. The van der Waals surface area contributed by atoms with Gasteiger partial charge in [-0.05, 0) is 60.0 Å². The Balaban J connectivity index is 1.97. The summed E-state index contributed by atoms with van der Waals surface area (Å²) >= 11 is 4.57. The molecule has 0 spiro atoms. The van der Waals surface area contributed by atoms with Crippen molar-refractivity contribution in [3.05, 3.63) is 39.6 Å². The van der Waals surface area contributed by atoms with Crippen LogP contribution in [-0.2, 0) is 16.4 Å². The Morgan fingerprint density at radius 1 is 1.50 bits per heavy atom. The summed E-state index contributed by atoms with van der Waals surface area (Å²) in [6.45, 7) is 3.73. The standard InChI is InChI=1S/C13H16BrNO3S2/c1-9-8-12(19-13(9)14)20(16,17)15-10(2)5-6-11-4-3-7-18-11/h3-4,7-8,10,15H,5-6H2,1-2H3. The first kappa shape index (κ1) is 15.8. The molecule has 1 unspecified atom stereocenters. The van der Waals surface area contributed by atoms with Crippen LogP contribution in [0.5, 0.6) is 0 Å². The van der Waals surface area contributed by atoms with Gasteiger partial charge in [0.2, 0.25) is 10.0 Å². The lowest BCUT2D eigenvalue weighted by Gasteiger charge is -2.12. The van der Waals surface area contributed by atoms with Crippen LogP contribution < -0.4 is 4.72 Å². The number of hydrogen-bond acceptors (Lipinski definition) is 4. The van der Waals surface area contributed by atoms with Crippen molar-refractivity contribution in [1.82, 2.24) is 4.72 Å². The highest BCUT2D eigenvalue weighted by Crippen LogP contribution is 2.30. The Morgan fingerprint density at radius 2 is 2.25 bits per heavy atom. The van der Waals surface area contributed by atoms with Gasteiger partial charge in [-0.2, -0.15) is 0 Å². The van der Waals surface area contributed by atoms with Crippen LogP contribution in [0.4, 0.5) is 0 Å². The van der Waals surface area contributed by atoms with Crippen LogP contribution in [0, 0.1) is 6.92 Å².